The molecule has 2 heterocycles. The Kier molecular flexibility index (Phi) is 4.95. The molecule has 4 rings (SSSR count). The third-order valence-corrected chi connectivity index (χ3v) is 6.44. The molecule has 2 amide bonds. The van der Waals surface area contributed by atoms with Crippen molar-refractivity contribution in [3.8, 4) is 11.5 Å². The molecule has 3 fully saturated rings. The maximum Gasteiger partial charge on any atom is 0.257 e. The van der Waals surface area contributed by atoms with E-state index in [4.69, 9.17) is 14.2 Å². The lowest BCUT2D eigenvalue weighted by Gasteiger charge is -2.59. The Labute approximate surface area is 165 Å². The van der Waals surface area contributed by atoms with Crippen LogP contribution in [0.1, 0.15) is 36.0 Å². The van der Waals surface area contributed by atoms with Crippen LogP contribution in [-0.2, 0) is 9.53 Å². The molecule has 0 bridgehead atoms. The lowest BCUT2D eigenvalue weighted by atomic mass is 9.72. The largest absolute Gasteiger partial charge is 0.497 e. The van der Waals surface area contributed by atoms with Crippen molar-refractivity contribution in [2.24, 2.45) is 5.92 Å². The van der Waals surface area contributed by atoms with Gasteiger partial charge in [-0.05, 0) is 43.7 Å². The summed E-state index contributed by atoms with van der Waals surface area (Å²) in [6.45, 7) is 2.03. The van der Waals surface area contributed by atoms with E-state index in [0.29, 0.717) is 36.1 Å². The number of piperidine rings is 1. The predicted octanol–water partition coefficient (Wildman–Crippen LogP) is 1.95. The van der Waals surface area contributed by atoms with Gasteiger partial charge in [0.15, 0.2) is 6.10 Å². The minimum absolute atomic E-state index is 0.0530. The van der Waals surface area contributed by atoms with Gasteiger partial charge >= 0.3 is 0 Å². The standard InChI is InChI=1S/C21H28N2O5/c1-26-15-6-7-16(17(12-15)27-2)19(24)22-10-8-21(9-11-22)18(28-3)20(25)23(21)13-14-4-5-14/h6-7,12,14,18H,4-5,8-11,13H2,1-3H3. The van der Waals surface area contributed by atoms with Crippen molar-refractivity contribution in [3.05, 3.63) is 23.8 Å². The van der Waals surface area contributed by atoms with Crippen molar-refractivity contribution in [3.63, 3.8) is 0 Å². The van der Waals surface area contributed by atoms with Gasteiger partial charge in [-0.3, -0.25) is 9.59 Å². The number of benzene rings is 1. The number of amides is 2. The highest BCUT2D eigenvalue weighted by atomic mass is 16.5. The number of hydrogen-bond acceptors (Lipinski definition) is 5. The van der Waals surface area contributed by atoms with Crippen molar-refractivity contribution in [1.29, 1.82) is 0 Å². The maximum absolute atomic E-state index is 13.1. The lowest BCUT2D eigenvalue weighted by molar-refractivity contribution is -0.198. The highest BCUT2D eigenvalue weighted by Crippen LogP contribution is 2.45. The van der Waals surface area contributed by atoms with Gasteiger partial charge < -0.3 is 24.0 Å². The van der Waals surface area contributed by atoms with Crippen molar-refractivity contribution < 1.29 is 23.8 Å². The Balaban J connectivity index is 1.47. The third kappa shape index (κ3) is 3.02. The fourth-order valence-corrected chi connectivity index (χ4v) is 4.59. The zero-order valence-electron chi connectivity index (χ0n) is 16.8. The average molecular weight is 388 g/mol. The van der Waals surface area contributed by atoms with Gasteiger partial charge in [0.25, 0.3) is 11.8 Å². The Hall–Kier alpha value is -2.28. The SMILES string of the molecule is COc1ccc(C(=O)N2CCC3(CC2)C(OC)C(=O)N3CC2CC2)c(OC)c1. The van der Waals surface area contributed by atoms with E-state index in [-0.39, 0.29) is 23.5 Å². The first-order valence-corrected chi connectivity index (χ1v) is 9.89. The minimum Gasteiger partial charge on any atom is -0.497 e. The number of hydrogen-bond donors (Lipinski definition) is 0. The van der Waals surface area contributed by atoms with Gasteiger partial charge in [0.2, 0.25) is 0 Å². The van der Waals surface area contributed by atoms with Gasteiger partial charge in [-0.2, -0.15) is 0 Å². The predicted molar refractivity (Wildman–Crippen MR) is 103 cm³/mol. The summed E-state index contributed by atoms with van der Waals surface area (Å²) in [6.07, 6.45) is 3.53. The first-order valence-electron chi connectivity index (χ1n) is 9.89. The summed E-state index contributed by atoms with van der Waals surface area (Å²) in [5.74, 6) is 1.85. The second-order valence-corrected chi connectivity index (χ2v) is 7.97. The Bertz CT molecular complexity index is 768. The van der Waals surface area contributed by atoms with Crippen molar-refractivity contribution >= 4 is 11.8 Å². The summed E-state index contributed by atoms with van der Waals surface area (Å²) in [7, 11) is 4.74. The molecular formula is C21H28N2O5. The Morgan fingerprint density at radius 3 is 2.43 bits per heavy atom. The van der Waals surface area contributed by atoms with Crippen LogP contribution in [0.25, 0.3) is 0 Å². The van der Waals surface area contributed by atoms with Crippen LogP contribution in [0, 0.1) is 5.92 Å². The highest BCUT2D eigenvalue weighted by Gasteiger charge is 2.61. The van der Waals surface area contributed by atoms with Gasteiger partial charge in [-0.1, -0.05) is 0 Å². The first-order chi connectivity index (χ1) is 13.5. The molecule has 152 valence electrons. The molecule has 0 N–H and O–H groups in total. The van der Waals surface area contributed by atoms with Crippen LogP contribution < -0.4 is 9.47 Å². The van der Waals surface area contributed by atoms with Crippen LogP contribution in [0.2, 0.25) is 0 Å². The van der Waals surface area contributed by atoms with Crippen LogP contribution in [-0.4, -0.2) is 74.2 Å². The molecule has 1 unspecified atom stereocenters. The molecule has 28 heavy (non-hydrogen) atoms. The van der Waals surface area contributed by atoms with E-state index in [1.807, 2.05) is 9.80 Å². The van der Waals surface area contributed by atoms with Gasteiger partial charge in [0, 0.05) is 32.8 Å². The second kappa shape index (κ2) is 7.28. The maximum atomic E-state index is 13.1. The number of carbonyl (C=O) groups excluding carboxylic acids is 2. The van der Waals surface area contributed by atoms with Gasteiger partial charge in [-0.25, -0.2) is 0 Å². The molecule has 1 atom stereocenters. The summed E-state index contributed by atoms with van der Waals surface area (Å²) in [5.41, 5.74) is 0.275. The molecule has 1 aromatic carbocycles. The fourth-order valence-electron chi connectivity index (χ4n) is 4.59. The number of nitrogens with zero attached hydrogens (tertiary/aromatic N) is 2. The zero-order chi connectivity index (χ0) is 19.9. The highest BCUT2D eigenvalue weighted by molar-refractivity contribution is 5.97. The van der Waals surface area contributed by atoms with E-state index < -0.39 is 0 Å². The minimum atomic E-state index is -0.376. The molecule has 0 aromatic heterocycles. The Morgan fingerprint density at radius 1 is 1.14 bits per heavy atom. The van der Waals surface area contributed by atoms with Crippen LogP contribution in [0.4, 0.5) is 0 Å². The first kappa shape index (κ1) is 19.1. The fraction of sp³-hybridized carbons (Fsp3) is 0.619. The molecule has 3 aliphatic rings. The molecule has 0 radical (unpaired) electrons. The zero-order valence-corrected chi connectivity index (χ0v) is 16.8. The number of methoxy groups -OCH3 is 3. The Morgan fingerprint density at radius 2 is 1.86 bits per heavy atom. The number of rotatable bonds is 6. The molecule has 1 spiro atoms. The van der Waals surface area contributed by atoms with Gasteiger partial charge in [0.1, 0.15) is 11.5 Å². The van der Waals surface area contributed by atoms with E-state index in [1.165, 1.54) is 12.8 Å². The summed E-state index contributed by atoms with van der Waals surface area (Å²) in [5, 5.41) is 0. The number of carbonyl (C=O) groups is 2. The molecule has 1 aliphatic carbocycles. The van der Waals surface area contributed by atoms with Crippen LogP contribution >= 0.6 is 0 Å². The van der Waals surface area contributed by atoms with Crippen molar-refractivity contribution in [1.82, 2.24) is 9.80 Å². The topological polar surface area (TPSA) is 68.3 Å². The smallest absolute Gasteiger partial charge is 0.257 e. The second-order valence-electron chi connectivity index (χ2n) is 7.97. The van der Waals surface area contributed by atoms with Gasteiger partial charge in [0.05, 0.1) is 25.3 Å². The van der Waals surface area contributed by atoms with Gasteiger partial charge in [-0.15, -0.1) is 0 Å². The van der Waals surface area contributed by atoms with Crippen molar-refractivity contribution in [2.45, 2.75) is 37.3 Å². The molecule has 2 saturated heterocycles. The summed E-state index contributed by atoms with van der Waals surface area (Å²) < 4.78 is 16.1. The van der Waals surface area contributed by atoms with E-state index in [9.17, 15) is 9.59 Å². The summed E-state index contributed by atoms with van der Waals surface area (Å²) in [6, 6.07) is 5.24. The monoisotopic (exact) mass is 388 g/mol. The summed E-state index contributed by atoms with van der Waals surface area (Å²) >= 11 is 0. The summed E-state index contributed by atoms with van der Waals surface area (Å²) in [4.78, 5) is 29.4. The lowest BCUT2D eigenvalue weighted by Crippen LogP contribution is -2.77. The van der Waals surface area contributed by atoms with E-state index in [0.717, 1.165) is 19.4 Å². The van der Waals surface area contributed by atoms with Crippen LogP contribution in [0.3, 0.4) is 0 Å². The number of likely N-dealkylation sites (tertiary alicyclic amines) is 2. The molecular weight excluding hydrogens is 360 g/mol. The van der Waals surface area contributed by atoms with E-state index in [1.54, 1.807) is 39.5 Å². The average Bonchev–Trinajstić information content (AvgIpc) is 3.56. The molecule has 7 nitrogen and oxygen atoms in total. The van der Waals surface area contributed by atoms with E-state index >= 15 is 0 Å². The quantitative estimate of drug-likeness (QED) is 0.697. The van der Waals surface area contributed by atoms with Crippen molar-refractivity contribution in [2.75, 3.05) is 41.0 Å². The van der Waals surface area contributed by atoms with Crippen LogP contribution in [0.15, 0.2) is 18.2 Å². The normalized spacial score (nSPS) is 23.5. The third-order valence-electron chi connectivity index (χ3n) is 6.44. The number of ether oxygens (including phenoxy) is 3. The molecule has 2 aliphatic heterocycles. The number of β-lactam (4-membered cyclic amide) rings is 1. The molecule has 1 saturated carbocycles. The molecule has 7 heteroatoms. The van der Waals surface area contributed by atoms with E-state index in [2.05, 4.69) is 0 Å². The van der Waals surface area contributed by atoms with Crippen LogP contribution in [0.5, 0.6) is 11.5 Å². The molecule has 1 aromatic rings.